The Morgan fingerprint density at radius 2 is 1.89 bits per heavy atom. The number of halogens is 1. The van der Waals surface area contributed by atoms with E-state index in [0.717, 1.165) is 56.4 Å². The van der Waals surface area contributed by atoms with Crippen molar-refractivity contribution < 1.29 is 23.1 Å². The molecule has 1 amide bonds. The first-order valence-corrected chi connectivity index (χ1v) is 15.5. The number of hydrogen-bond acceptors (Lipinski definition) is 6. The van der Waals surface area contributed by atoms with Gasteiger partial charge in [-0.2, -0.15) is 0 Å². The number of hydrogen-bond donors (Lipinski definition) is 2. The number of allylic oxidation sites excluding steroid dienone is 1. The van der Waals surface area contributed by atoms with Crippen LogP contribution in [0.15, 0.2) is 48.6 Å². The minimum atomic E-state index is -3.82. The number of benzene rings is 2. The molecule has 5 rings (SSSR count). The van der Waals surface area contributed by atoms with Gasteiger partial charge in [-0.15, -0.1) is 0 Å². The second-order valence-corrected chi connectivity index (χ2v) is 12.9. The molecule has 2 heterocycles. The van der Waals surface area contributed by atoms with Crippen LogP contribution in [0, 0.1) is 11.8 Å². The highest BCUT2D eigenvalue weighted by molar-refractivity contribution is 7.90. The van der Waals surface area contributed by atoms with Crippen molar-refractivity contribution in [2.45, 2.75) is 57.7 Å². The van der Waals surface area contributed by atoms with Gasteiger partial charge < -0.3 is 14.7 Å². The quantitative estimate of drug-likeness (QED) is 0.448. The number of sulfonamides is 1. The molecule has 1 saturated carbocycles. The van der Waals surface area contributed by atoms with Crippen LogP contribution in [0.25, 0.3) is 0 Å². The molecule has 3 atom stereocenters. The SMILES string of the molecule is O=C1NS(=O)(=O)CC/C=C\[C@H](O)C[C@@H]2CC[C@H]2CN2CCCCc3cc(Cl)ccc3COc3ccc1cc32. The summed E-state index contributed by atoms with van der Waals surface area (Å²) in [4.78, 5) is 15.3. The molecule has 1 aliphatic carbocycles. The fourth-order valence-corrected chi connectivity index (χ4v) is 6.81. The summed E-state index contributed by atoms with van der Waals surface area (Å²) in [5, 5.41) is 11.3. The van der Waals surface area contributed by atoms with E-state index >= 15 is 0 Å². The maximum Gasteiger partial charge on any atom is 0.264 e. The highest BCUT2D eigenvalue weighted by Gasteiger charge is 2.34. The van der Waals surface area contributed by atoms with Gasteiger partial charge in [-0.05, 0) is 98.2 Å². The van der Waals surface area contributed by atoms with E-state index in [4.69, 9.17) is 16.3 Å². The van der Waals surface area contributed by atoms with Crippen LogP contribution >= 0.6 is 11.6 Å². The minimum absolute atomic E-state index is 0.225. The standard InChI is InChI=1S/C29H35ClN2O5S/c30-25-11-9-24-19-37-28-12-10-22-17-27(28)32(13-3-1-5-20(24)15-25)18-23-8-7-21(23)16-26(33)6-2-4-14-38(35,36)31-29(22)34/h2,6,9-12,15,17,21,23,26,33H,1,3-5,7-8,13-14,16,18-19H2,(H,31,34)/b6-2-/t21-,23-,26-/m0/s1. The zero-order chi connectivity index (χ0) is 26.7. The lowest BCUT2D eigenvalue weighted by Crippen LogP contribution is -2.40. The van der Waals surface area contributed by atoms with Gasteiger partial charge in [0.2, 0.25) is 10.0 Å². The average molecular weight is 559 g/mol. The Morgan fingerprint density at radius 3 is 2.71 bits per heavy atom. The predicted octanol–water partition coefficient (Wildman–Crippen LogP) is 4.86. The minimum Gasteiger partial charge on any atom is -0.487 e. The smallest absolute Gasteiger partial charge is 0.264 e. The van der Waals surface area contributed by atoms with Crippen molar-refractivity contribution in [1.82, 2.24) is 4.72 Å². The zero-order valence-electron chi connectivity index (χ0n) is 21.4. The van der Waals surface area contributed by atoms with Gasteiger partial charge in [0.15, 0.2) is 0 Å². The van der Waals surface area contributed by atoms with Crippen LogP contribution in [-0.2, 0) is 23.1 Å². The van der Waals surface area contributed by atoms with Crippen molar-refractivity contribution in [2.75, 3.05) is 23.7 Å². The predicted molar refractivity (Wildman–Crippen MR) is 149 cm³/mol. The van der Waals surface area contributed by atoms with Gasteiger partial charge in [-0.1, -0.05) is 29.8 Å². The third-order valence-electron chi connectivity index (χ3n) is 7.97. The van der Waals surface area contributed by atoms with Gasteiger partial charge in [-0.25, -0.2) is 13.1 Å². The normalized spacial score (nSPS) is 26.8. The second kappa shape index (κ2) is 11.7. The molecule has 2 aromatic rings. The first-order valence-electron chi connectivity index (χ1n) is 13.5. The number of amides is 1. The molecule has 38 heavy (non-hydrogen) atoms. The zero-order valence-corrected chi connectivity index (χ0v) is 23.0. The molecule has 2 aliphatic heterocycles. The molecular formula is C29H35ClN2O5S. The number of aryl methyl sites for hydroxylation is 1. The van der Waals surface area contributed by atoms with Crippen LogP contribution in [0.5, 0.6) is 5.75 Å². The number of anilines is 1. The molecule has 2 N–H and O–H groups in total. The van der Waals surface area contributed by atoms with E-state index in [9.17, 15) is 18.3 Å². The van der Waals surface area contributed by atoms with Crippen LogP contribution in [-0.4, -0.2) is 44.4 Å². The average Bonchev–Trinajstić information content (AvgIpc) is 2.90. The van der Waals surface area contributed by atoms with E-state index in [2.05, 4.69) is 9.62 Å². The Morgan fingerprint density at radius 1 is 1.05 bits per heavy atom. The lowest BCUT2D eigenvalue weighted by atomic mass is 9.70. The lowest BCUT2D eigenvalue weighted by Gasteiger charge is -2.41. The number of aliphatic hydroxyl groups excluding tert-OH is 1. The first-order chi connectivity index (χ1) is 18.3. The first kappa shape index (κ1) is 27.0. The Labute approximate surface area is 229 Å². The van der Waals surface area contributed by atoms with E-state index in [1.54, 1.807) is 30.4 Å². The molecule has 0 saturated heterocycles. The molecule has 0 spiro atoms. The highest BCUT2D eigenvalue weighted by Crippen LogP contribution is 2.41. The Kier molecular flexibility index (Phi) is 8.31. The molecule has 7 nitrogen and oxygen atoms in total. The summed E-state index contributed by atoms with van der Waals surface area (Å²) in [6.45, 7) is 1.94. The van der Waals surface area contributed by atoms with Gasteiger partial charge in [0.25, 0.3) is 5.91 Å². The number of fused-ring (bicyclic) bond motifs is 3. The number of carbonyl (C=O) groups excluding carboxylic acids is 1. The van der Waals surface area contributed by atoms with Crippen molar-refractivity contribution in [3.8, 4) is 5.75 Å². The summed E-state index contributed by atoms with van der Waals surface area (Å²) in [7, 11) is -3.82. The third-order valence-corrected chi connectivity index (χ3v) is 9.48. The summed E-state index contributed by atoms with van der Waals surface area (Å²) in [6.07, 6.45) is 8.65. The molecule has 0 unspecified atom stereocenters. The number of carbonyl (C=O) groups is 1. The topological polar surface area (TPSA) is 95.9 Å². The van der Waals surface area contributed by atoms with Gasteiger partial charge in [0.1, 0.15) is 12.4 Å². The number of aliphatic hydroxyl groups is 1. The summed E-state index contributed by atoms with van der Waals surface area (Å²) >= 11 is 6.28. The monoisotopic (exact) mass is 558 g/mol. The number of rotatable bonds is 0. The summed E-state index contributed by atoms with van der Waals surface area (Å²) < 4.78 is 33.6. The van der Waals surface area contributed by atoms with Crippen molar-refractivity contribution in [3.63, 3.8) is 0 Å². The van der Waals surface area contributed by atoms with Crippen molar-refractivity contribution in [3.05, 3.63) is 70.3 Å². The van der Waals surface area contributed by atoms with Gasteiger partial charge in [0, 0.05) is 23.7 Å². The van der Waals surface area contributed by atoms with E-state index < -0.39 is 22.0 Å². The van der Waals surface area contributed by atoms with E-state index in [1.165, 1.54) is 5.56 Å². The molecule has 2 bridgehead atoms. The fraction of sp³-hybridized carbons (Fsp3) is 0.483. The number of nitrogens with one attached hydrogen (secondary N) is 1. The molecule has 204 valence electrons. The summed E-state index contributed by atoms with van der Waals surface area (Å²) in [5.74, 6) is 0.605. The summed E-state index contributed by atoms with van der Waals surface area (Å²) in [5.41, 5.74) is 3.34. The third kappa shape index (κ3) is 6.53. The van der Waals surface area contributed by atoms with Crippen molar-refractivity contribution in [1.29, 1.82) is 0 Å². The maximum absolute atomic E-state index is 13.0. The van der Waals surface area contributed by atoms with Crippen LogP contribution in [0.4, 0.5) is 5.69 Å². The number of ether oxygens (including phenoxy) is 1. The summed E-state index contributed by atoms with van der Waals surface area (Å²) in [6, 6.07) is 11.0. The molecule has 2 aromatic carbocycles. The fourth-order valence-electron chi connectivity index (χ4n) is 5.67. The van der Waals surface area contributed by atoms with Crippen LogP contribution in [0.2, 0.25) is 5.02 Å². The van der Waals surface area contributed by atoms with E-state index in [0.29, 0.717) is 35.6 Å². The largest absolute Gasteiger partial charge is 0.487 e. The van der Waals surface area contributed by atoms with Gasteiger partial charge >= 0.3 is 0 Å². The Hall–Kier alpha value is -2.55. The van der Waals surface area contributed by atoms with Crippen LogP contribution in [0.3, 0.4) is 0 Å². The van der Waals surface area contributed by atoms with Gasteiger partial charge in [-0.3, -0.25) is 4.79 Å². The molecule has 9 heteroatoms. The van der Waals surface area contributed by atoms with Crippen molar-refractivity contribution >= 4 is 33.2 Å². The molecule has 1 fully saturated rings. The maximum atomic E-state index is 13.0. The Balaban J connectivity index is 1.51. The molecular weight excluding hydrogens is 524 g/mol. The van der Waals surface area contributed by atoms with Crippen LogP contribution in [0.1, 0.15) is 60.0 Å². The Bertz CT molecular complexity index is 1310. The second-order valence-electron chi connectivity index (χ2n) is 10.7. The lowest BCUT2D eigenvalue weighted by molar-refractivity contribution is 0.0980. The molecule has 0 radical (unpaired) electrons. The number of nitrogens with zero attached hydrogens (tertiary/aromatic N) is 1. The van der Waals surface area contributed by atoms with E-state index in [-0.39, 0.29) is 17.7 Å². The molecule has 3 aliphatic rings. The van der Waals surface area contributed by atoms with Crippen molar-refractivity contribution in [2.24, 2.45) is 11.8 Å². The van der Waals surface area contributed by atoms with E-state index in [1.807, 2.05) is 18.2 Å². The van der Waals surface area contributed by atoms with Gasteiger partial charge in [0.05, 0.1) is 17.5 Å². The van der Waals surface area contributed by atoms with Crippen LogP contribution < -0.4 is 14.4 Å². The molecule has 0 aromatic heterocycles. The highest BCUT2D eigenvalue weighted by atomic mass is 35.5.